The fraction of sp³-hybridized carbons (Fsp3) is 0.471. The minimum atomic E-state index is -0.744. The molecule has 7 nitrogen and oxygen atoms in total. The van der Waals surface area contributed by atoms with Gasteiger partial charge in [0.2, 0.25) is 0 Å². The predicted molar refractivity (Wildman–Crippen MR) is 104 cm³/mol. The molecule has 0 heterocycles. The minimum absolute atomic E-state index is 0.0700. The van der Waals surface area contributed by atoms with Gasteiger partial charge in [0.25, 0.3) is 5.91 Å². The summed E-state index contributed by atoms with van der Waals surface area (Å²) in [6.07, 6.45) is 0.712. The Kier molecular flexibility index (Phi) is 8.13. The molecule has 0 radical (unpaired) electrons. The molecular formula is C17H27N5O2S. The van der Waals surface area contributed by atoms with E-state index in [-0.39, 0.29) is 11.0 Å². The number of anilines is 1. The Balaban J connectivity index is 2.56. The van der Waals surface area contributed by atoms with E-state index in [1.54, 1.807) is 0 Å². The van der Waals surface area contributed by atoms with Crippen LogP contribution in [0.5, 0.6) is 0 Å². The van der Waals surface area contributed by atoms with Crippen molar-refractivity contribution < 1.29 is 9.59 Å². The zero-order valence-electron chi connectivity index (χ0n) is 15.1. The Bertz CT molecular complexity index is 604. The standard InChI is InChI=1S/C17H27N5O2S/c1-5-11(4)14(20-16(18)24)15(23)21-22-17(25)19-13-8-6-12(7-9-13)10(2)3/h6-11,14H,5H2,1-4H3,(H,21,23)(H3,18,20,24)(H2,19,22,25)/t11-,14-/m0/s1. The number of urea groups is 1. The Morgan fingerprint density at radius 2 is 1.72 bits per heavy atom. The molecule has 0 aliphatic heterocycles. The molecule has 0 saturated heterocycles. The highest BCUT2D eigenvalue weighted by Crippen LogP contribution is 2.17. The Morgan fingerprint density at radius 1 is 1.12 bits per heavy atom. The molecule has 138 valence electrons. The maximum Gasteiger partial charge on any atom is 0.312 e. The van der Waals surface area contributed by atoms with E-state index in [0.29, 0.717) is 12.3 Å². The highest BCUT2D eigenvalue weighted by atomic mass is 32.1. The molecule has 1 aromatic rings. The number of primary amides is 1. The van der Waals surface area contributed by atoms with Crippen LogP contribution in [0.15, 0.2) is 24.3 Å². The van der Waals surface area contributed by atoms with Gasteiger partial charge in [0.05, 0.1) is 0 Å². The van der Waals surface area contributed by atoms with E-state index in [4.69, 9.17) is 18.0 Å². The lowest BCUT2D eigenvalue weighted by Gasteiger charge is -2.23. The number of thiocarbonyl (C=S) groups is 1. The SMILES string of the molecule is CC[C@H](C)[C@H](NC(N)=O)C(=O)NNC(=S)Nc1ccc(C(C)C)cc1. The minimum Gasteiger partial charge on any atom is -0.352 e. The number of hydrazine groups is 1. The molecule has 0 bridgehead atoms. The van der Waals surface area contributed by atoms with Crippen LogP contribution in [-0.4, -0.2) is 23.1 Å². The second kappa shape index (κ2) is 9.83. The molecule has 0 saturated carbocycles. The smallest absolute Gasteiger partial charge is 0.312 e. The Labute approximate surface area is 154 Å². The monoisotopic (exact) mass is 365 g/mol. The van der Waals surface area contributed by atoms with Gasteiger partial charge in [0.1, 0.15) is 6.04 Å². The second-order valence-corrected chi connectivity index (χ2v) is 6.63. The maximum absolute atomic E-state index is 12.2. The van der Waals surface area contributed by atoms with Gasteiger partial charge in [-0.2, -0.15) is 0 Å². The van der Waals surface area contributed by atoms with Gasteiger partial charge in [0.15, 0.2) is 5.11 Å². The van der Waals surface area contributed by atoms with E-state index < -0.39 is 18.0 Å². The molecule has 3 amide bonds. The summed E-state index contributed by atoms with van der Waals surface area (Å²) in [6.45, 7) is 8.02. The van der Waals surface area contributed by atoms with Crippen LogP contribution in [0, 0.1) is 5.92 Å². The summed E-state index contributed by atoms with van der Waals surface area (Å²) in [4.78, 5) is 23.3. The fourth-order valence-corrected chi connectivity index (χ4v) is 2.33. The van der Waals surface area contributed by atoms with Crippen molar-refractivity contribution in [1.29, 1.82) is 0 Å². The van der Waals surface area contributed by atoms with Gasteiger partial charge in [0, 0.05) is 5.69 Å². The molecule has 6 N–H and O–H groups in total. The predicted octanol–water partition coefficient (Wildman–Crippen LogP) is 2.21. The largest absolute Gasteiger partial charge is 0.352 e. The number of hydrogen-bond donors (Lipinski definition) is 5. The first kappa shape index (κ1) is 20.7. The van der Waals surface area contributed by atoms with E-state index in [2.05, 4.69) is 35.3 Å². The van der Waals surface area contributed by atoms with E-state index >= 15 is 0 Å². The lowest BCUT2D eigenvalue weighted by atomic mass is 9.99. The van der Waals surface area contributed by atoms with Gasteiger partial charge < -0.3 is 16.4 Å². The molecule has 0 unspecified atom stereocenters. The number of carbonyl (C=O) groups excluding carboxylic acids is 2. The number of carbonyl (C=O) groups is 2. The molecule has 0 aliphatic rings. The molecular weight excluding hydrogens is 338 g/mol. The number of nitrogens with one attached hydrogen (secondary N) is 4. The molecule has 25 heavy (non-hydrogen) atoms. The van der Waals surface area contributed by atoms with Gasteiger partial charge in [-0.3, -0.25) is 15.6 Å². The first-order valence-electron chi connectivity index (χ1n) is 8.27. The van der Waals surface area contributed by atoms with Gasteiger partial charge >= 0.3 is 6.03 Å². The van der Waals surface area contributed by atoms with Crippen molar-refractivity contribution in [1.82, 2.24) is 16.2 Å². The van der Waals surface area contributed by atoms with Crippen LogP contribution in [0.3, 0.4) is 0 Å². The van der Waals surface area contributed by atoms with E-state index in [1.165, 1.54) is 5.56 Å². The Hall–Kier alpha value is -2.35. The number of hydrogen-bond acceptors (Lipinski definition) is 3. The van der Waals surface area contributed by atoms with Crippen molar-refractivity contribution >= 4 is 35.0 Å². The fourth-order valence-electron chi connectivity index (χ4n) is 2.16. The summed E-state index contributed by atoms with van der Waals surface area (Å²) in [5.41, 5.74) is 12.3. The molecule has 0 aromatic heterocycles. The van der Waals surface area contributed by atoms with Crippen LogP contribution in [0.1, 0.15) is 45.6 Å². The van der Waals surface area contributed by atoms with Gasteiger partial charge in [-0.15, -0.1) is 0 Å². The first-order chi connectivity index (χ1) is 11.7. The number of benzene rings is 1. The molecule has 0 aliphatic carbocycles. The molecule has 0 fully saturated rings. The van der Waals surface area contributed by atoms with Gasteiger partial charge in [-0.25, -0.2) is 4.79 Å². The summed E-state index contributed by atoms with van der Waals surface area (Å²) in [5, 5.41) is 5.67. The maximum atomic E-state index is 12.2. The zero-order valence-corrected chi connectivity index (χ0v) is 15.9. The number of nitrogens with two attached hydrogens (primary N) is 1. The summed E-state index contributed by atoms with van der Waals surface area (Å²) >= 11 is 5.16. The number of amides is 3. The van der Waals surface area contributed by atoms with Crippen LogP contribution >= 0.6 is 12.2 Å². The second-order valence-electron chi connectivity index (χ2n) is 6.22. The lowest BCUT2D eigenvalue weighted by molar-refractivity contribution is -0.124. The highest BCUT2D eigenvalue weighted by molar-refractivity contribution is 7.80. The zero-order chi connectivity index (χ0) is 19.0. The van der Waals surface area contributed by atoms with E-state index in [9.17, 15) is 9.59 Å². The highest BCUT2D eigenvalue weighted by Gasteiger charge is 2.25. The third-order valence-corrected chi connectivity index (χ3v) is 4.13. The van der Waals surface area contributed by atoms with Crippen LogP contribution in [0.25, 0.3) is 0 Å². The van der Waals surface area contributed by atoms with Crippen LogP contribution in [-0.2, 0) is 4.79 Å². The van der Waals surface area contributed by atoms with Crippen LogP contribution in [0.4, 0.5) is 10.5 Å². The normalized spacial score (nSPS) is 12.8. The first-order valence-corrected chi connectivity index (χ1v) is 8.68. The van der Waals surface area contributed by atoms with Crippen molar-refractivity contribution in [3.63, 3.8) is 0 Å². The van der Waals surface area contributed by atoms with Crippen molar-refractivity contribution in [3.8, 4) is 0 Å². The lowest BCUT2D eigenvalue weighted by Crippen LogP contribution is -2.56. The van der Waals surface area contributed by atoms with Gasteiger partial charge in [-0.05, 0) is 41.7 Å². The number of rotatable bonds is 6. The summed E-state index contributed by atoms with van der Waals surface area (Å²) in [5.74, 6) is -0.0273. The molecule has 2 atom stereocenters. The van der Waals surface area contributed by atoms with Gasteiger partial charge in [-0.1, -0.05) is 46.2 Å². The van der Waals surface area contributed by atoms with Crippen LogP contribution < -0.4 is 27.2 Å². The van der Waals surface area contributed by atoms with Crippen LogP contribution in [0.2, 0.25) is 0 Å². The average Bonchev–Trinajstić information content (AvgIpc) is 2.57. The topological polar surface area (TPSA) is 108 Å². The molecule has 1 aromatic carbocycles. The molecule has 0 spiro atoms. The average molecular weight is 366 g/mol. The van der Waals surface area contributed by atoms with Crippen molar-refractivity contribution in [2.75, 3.05) is 5.32 Å². The van der Waals surface area contributed by atoms with E-state index in [0.717, 1.165) is 5.69 Å². The molecule has 8 heteroatoms. The third-order valence-electron chi connectivity index (χ3n) is 3.93. The van der Waals surface area contributed by atoms with Crippen molar-refractivity contribution in [3.05, 3.63) is 29.8 Å². The van der Waals surface area contributed by atoms with Crippen molar-refractivity contribution in [2.45, 2.75) is 46.1 Å². The summed E-state index contributed by atoms with van der Waals surface area (Å²) < 4.78 is 0. The van der Waals surface area contributed by atoms with E-state index in [1.807, 2.05) is 38.1 Å². The third kappa shape index (κ3) is 6.96. The summed E-state index contributed by atoms with van der Waals surface area (Å²) in [6, 6.07) is 6.40. The Morgan fingerprint density at radius 3 is 2.20 bits per heavy atom. The quantitative estimate of drug-likeness (QED) is 0.392. The van der Waals surface area contributed by atoms with Crippen molar-refractivity contribution in [2.24, 2.45) is 11.7 Å². The summed E-state index contributed by atoms with van der Waals surface area (Å²) in [7, 11) is 0. The molecule has 1 rings (SSSR count).